The Hall–Kier alpha value is -0.130. The monoisotopic (exact) mass is 266 g/mol. The van der Waals surface area contributed by atoms with Crippen molar-refractivity contribution < 1.29 is 18.1 Å². The van der Waals surface area contributed by atoms with Crippen LogP contribution >= 0.6 is 0 Å². The molecule has 0 fully saturated rings. The fourth-order valence-electron chi connectivity index (χ4n) is 1.90. The third-order valence-electron chi connectivity index (χ3n) is 3.07. The summed E-state index contributed by atoms with van der Waals surface area (Å²) in [7, 11) is -3.88. The van der Waals surface area contributed by atoms with Gasteiger partial charge in [0.25, 0.3) is 10.1 Å². The molecule has 2 atom stereocenters. The average molecular weight is 266 g/mol. The molecule has 17 heavy (non-hydrogen) atoms. The van der Waals surface area contributed by atoms with Gasteiger partial charge in [-0.05, 0) is 25.7 Å². The van der Waals surface area contributed by atoms with Crippen LogP contribution in [0.25, 0.3) is 0 Å². The summed E-state index contributed by atoms with van der Waals surface area (Å²) in [4.78, 5) is 0. The van der Waals surface area contributed by atoms with Gasteiger partial charge in [-0.2, -0.15) is 8.42 Å². The van der Waals surface area contributed by atoms with E-state index in [-0.39, 0.29) is 6.10 Å². The molecule has 0 aromatic heterocycles. The van der Waals surface area contributed by atoms with E-state index < -0.39 is 15.4 Å². The van der Waals surface area contributed by atoms with E-state index in [0.29, 0.717) is 12.8 Å². The first-order valence-electron chi connectivity index (χ1n) is 6.56. The van der Waals surface area contributed by atoms with Gasteiger partial charge in [0.05, 0.1) is 11.4 Å². The van der Waals surface area contributed by atoms with Gasteiger partial charge < -0.3 is 5.11 Å². The molecular formula is C12H26O4S. The highest BCUT2D eigenvalue weighted by Gasteiger charge is 2.21. The lowest BCUT2D eigenvalue weighted by molar-refractivity contribution is 0.156. The van der Waals surface area contributed by atoms with Crippen molar-refractivity contribution in [1.29, 1.82) is 0 Å². The van der Waals surface area contributed by atoms with E-state index in [1.54, 1.807) is 0 Å². The zero-order chi connectivity index (χ0) is 13.3. The fraction of sp³-hybridized carbons (Fsp3) is 1.00. The second kappa shape index (κ2) is 8.89. The van der Waals surface area contributed by atoms with Crippen LogP contribution in [-0.4, -0.2) is 29.4 Å². The summed E-state index contributed by atoms with van der Waals surface area (Å²) in [6.07, 6.45) is 5.74. The number of rotatable bonds is 10. The van der Waals surface area contributed by atoms with Crippen molar-refractivity contribution in [3.05, 3.63) is 0 Å². The van der Waals surface area contributed by atoms with Crippen molar-refractivity contribution in [3.8, 4) is 0 Å². The minimum absolute atomic E-state index is 0.233. The number of hydrogen-bond acceptors (Lipinski definition) is 3. The predicted octanol–water partition coefficient (Wildman–Crippen LogP) is 2.76. The lowest BCUT2D eigenvalue weighted by atomic mass is 10.1. The Bertz CT molecular complexity index is 274. The van der Waals surface area contributed by atoms with Crippen LogP contribution in [0.15, 0.2) is 0 Å². The summed E-state index contributed by atoms with van der Waals surface area (Å²) in [5, 5.41) is 8.74. The summed E-state index contributed by atoms with van der Waals surface area (Å²) >= 11 is 0. The smallest absolute Gasteiger partial charge is 0.267 e. The summed E-state index contributed by atoms with van der Waals surface area (Å²) < 4.78 is 31.1. The molecule has 5 heteroatoms. The molecule has 0 saturated heterocycles. The van der Waals surface area contributed by atoms with Crippen molar-refractivity contribution in [2.24, 2.45) is 0 Å². The van der Waals surface area contributed by atoms with Gasteiger partial charge in [0.15, 0.2) is 0 Å². The van der Waals surface area contributed by atoms with E-state index in [1.165, 1.54) is 0 Å². The Kier molecular flexibility index (Phi) is 8.82. The van der Waals surface area contributed by atoms with E-state index in [1.807, 2.05) is 13.8 Å². The molecule has 0 heterocycles. The largest absolute Gasteiger partial charge is 0.393 e. The highest BCUT2D eigenvalue weighted by Crippen LogP contribution is 2.16. The van der Waals surface area contributed by atoms with Crippen LogP contribution in [0.1, 0.15) is 65.2 Å². The number of hydrogen-bond donors (Lipinski definition) is 2. The van der Waals surface area contributed by atoms with Crippen LogP contribution in [0.5, 0.6) is 0 Å². The van der Waals surface area contributed by atoms with Gasteiger partial charge in [-0.15, -0.1) is 0 Å². The van der Waals surface area contributed by atoms with Gasteiger partial charge >= 0.3 is 0 Å². The number of aliphatic hydroxyl groups excluding tert-OH is 1. The van der Waals surface area contributed by atoms with E-state index >= 15 is 0 Å². The second-order valence-corrected chi connectivity index (χ2v) is 6.32. The van der Waals surface area contributed by atoms with Gasteiger partial charge in [-0.3, -0.25) is 4.55 Å². The lowest BCUT2D eigenvalue weighted by Gasteiger charge is -2.12. The van der Waals surface area contributed by atoms with E-state index in [0.717, 1.165) is 38.5 Å². The van der Waals surface area contributed by atoms with Crippen LogP contribution in [0.2, 0.25) is 0 Å². The maximum Gasteiger partial charge on any atom is 0.267 e. The molecule has 0 amide bonds. The Morgan fingerprint density at radius 3 is 2.06 bits per heavy atom. The lowest BCUT2D eigenvalue weighted by Crippen LogP contribution is -2.20. The molecule has 0 aromatic rings. The summed E-state index contributed by atoms with van der Waals surface area (Å²) in [6.45, 7) is 3.86. The minimum atomic E-state index is -3.88. The van der Waals surface area contributed by atoms with Crippen LogP contribution in [0.4, 0.5) is 0 Å². The molecule has 2 N–H and O–H groups in total. The maximum atomic E-state index is 11.1. The molecule has 0 bridgehead atoms. The SMILES string of the molecule is CCCC(CCCCCC(O)CC)S(=O)(=O)O. The molecule has 0 aliphatic carbocycles. The van der Waals surface area contributed by atoms with Crippen LogP contribution in [-0.2, 0) is 10.1 Å². The third kappa shape index (κ3) is 8.57. The topological polar surface area (TPSA) is 74.6 Å². The molecule has 0 aromatic carbocycles. The Balaban J connectivity index is 3.77. The van der Waals surface area contributed by atoms with Crippen LogP contribution in [0.3, 0.4) is 0 Å². The molecule has 0 aliphatic rings. The van der Waals surface area contributed by atoms with Crippen molar-refractivity contribution in [2.75, 3.05) is 0 Å². The van der Waals surface area contributed by atoms with E-state index in [4.69, 9.17) is 4.55 Å². The van der Waals surface area contributed by atoms with Crippen molar-refractivity contribution in [2.45, 2.75) is 76.6 Å². The van der Waals surface area contributed by atoms with Crippen molar-refractivity contribution in [3.63, 3.8) is 0 Å². The predicted molar refractivity (Wildman–Crippen MR) is 69.6 cm³/mol. The molecule has 4 nitrogen and oxygen atoms in total. The molecule has 0 aliphatic heterocycles. The van der Waals surface area contributed by atoms with E-state index in [2.05, 4.69) is 0 Å². The standard InChI is InChI=1S/C12H26O4S/c1-3-8-12(17(14,15)16)10-7-5-6-9-11(13)4-2/h11-13H,3-10H2,1-2H3,(H,14,15,16). The Morgan fingerprint density at radius 2 is 1.59 bits per heavy atom. The normalized spacial score (nSPS) is 15.8. The average Bonchev–Trinajstić information content (AvgIpc) is 2.25. The summed E-state index contributed by atoms with van der Waals surface area (Å²) in [5.74, 6) is 0. The fourth-order valence-corrected chi connectivity index (χ4v) is 2.90. The maximum absolute atomic E-state index is 11.1. The molecular weight excluding hydrogens is 240 g/mol. The minimum Gasteiger partial charge on any atom is -0.393 e. The highest BCUT2D eigenvalue weighted by molar-refractivity contribution is 7.86. The molecule has 2 unspecified atom stereocenters. The number of unbranched alkanes of at least 4 members (excludes halogenated alkanes) is 2. The zero-order valence-electron chi connectivity index (χ0n) is 10.9. The molecule has 0 spiro atoms. The van der Waals surface area contributed by atoms with E-state index in [9.17, 15) is 13.5 Å². The second-order valence-electron chi connectivity index (χ2n) is 4.63. The van der Waals surface area contributed by atoms with Gasteiger partial charge in [0, 0.05) is 0 Å². The van der Waals surface area contributed by atoms with Crippen molar-refractivity contribution >= 4 is 10.1 Å². The zero-order valence-corrected chi connectivity index (χ0v) is 11.7. The van der Waals surface area contributed by atoms with Gasteiger partial charge in [-0.25, -0.2) is 0 Å². The molecule has 0 rings (SSSR count). The quantitative estimate of drug-likeness (QED) is 0.471. The Labute approximate surface area is 105 Å². The summed E-state index contributed by atoms with van der Waals surface area (Å²) in [5.41, 5.74) is 0. The van der Waals surface area contributed by atoms with Gasteiger partial charge in [0.2, 0.25) is 0 Å². The highest BCUT2D eigenvalue weighted by atomic mass is 32.2. The number of aliphatic hydroxyl groups is 1. The first-order chi connectivity index (χ1) is 7.91. The van der Waals surface area contributed by atoms with Crippen LogP contribution in [0, 0.1) is 0 Å². The molecule has 0 radical (unpaired) electrons. The Morgan fingerprint density at radius 1 is 1.00 bits per heavy atom. The first kappa shape index (κ1) is 16.9. The van der Waals surface area contributed by atoms with Gasteiger partial charge in [-0.1, -0.05) is 39.5 Å². The van der Waals surface area contributed by atoms with Crippen molar-refractivity contribution in [1.82, 2.24) is 0 Å². The van der Waals surface area contributed by atoms with Gasteiger partial charge in [0.1, 0.15) is 0 Å². The molecule has 0 saturated carbocycles. The summed E-state index contributed by atoms with van der Waals surface area (Å²) in [6, 6.07) is 0. The third-order valence-corrected chi connectivity index (χ3v) is 4.38. The first-order valence-corrected chi connectivity index (χ1v) is 8.06. The van der Waals surface area contributed by atoms with Crippen LogP contribution < -0.4 is 0 Å². The molecule has 104 valence electrons.